The van der Waals surface area contributed by atoms with Gasteiger partial charge < -0.3 is 16.0 Å². The fraction of sp³-hybridized carbons (Fsp3) is 0. The van der Waals surface area contributed by atoms with Gasteiger partial charge in [0.15, 0.2) is 11.6 Å². The first-order chi connectivity index (χ1) is 14.5. The number of aromatic amines is 2. The number of H-pyrrole nitrogens is 2. The Morgan fingerprint density at radius 1 is 1.13 bits per heavy atom. The monoisotopic (exact) mass is 439 g/mol. The number of hydrogen-bond acceptors (Lipinski definition) is 5. The van der Waals surface area contributed by atoms with Crippen molar-refractivity contribution in [1.29, 1.82) is 0 Å². The second-order valence-electron chi connectivity index (χ2n) is 6.20. The topological polar surface area (TPSA) is 125 Å². The minimum Gasteiger partial charge on any atom is -0.365 e. The summed E-state index contributed by atoms with van der Waals surface area (Å²) in [6.07, 6.45) is 1.42. The number of aromatic nitrogens is 4. The molecule has 0 aliphatic rings. The first-order valence-electron chi connectivity index (χ1n) is 8.77. The van der Waals surface area contributed by atoms with Gasteiger partial charge >= 0.3 is 0 Å². The summed E-state index contributed by atoms with van der Waals surface area (Å²) in [5, 5.41) is 10.6. The van der Waals surface area contributed by atoms with Crippen molar-refractivity contribution in [1.82, 2.24) is 20.2 Å². The highest BCUT2D eigenvalue weighted by molar-refractivity contribution is 6.32. The van der Waals surface area contributed by atoms with Crippen LogP contribution in [0.15, 0.2) is 59.6 Å². The lowest BCUT2D eigenvalue weighted by atomic mass is 10.2. The molecule has 0 aliphatic carbocycles. The molecule has 0 saturated heterocycles. The van der Waals surface area contributed by atoms with Crippen LogP contribution >= 0.6 is 23.2 Å². The smallest absolute Gasteiger partial charge is 0.256 e. The van der Waals surface area contributed by atoms with Crippen LogP contribution in [0.25, 0.3) is 11.4 Å². The summed E-state index contributed by atoms with van der Waals surface area (Å²) in [6, 6.07) is 16.5. The Morgan fingerprint density at radius 3 is 2.67 bits per heavy atom. The van der Waals surface area contributed by atoms with E-state index in [4.69, 9.17) is 28.9 Å². The van der Waals surface area contributed by atoms with E-state index in [1.165, 1.54) is 6.21 Å². The van der Waals surface area contributed by atoms with Crippen LogP contribution in [-0.4, -0.2) is 32.3 Å². The van der Waals surface area contributed by atoms with E-state index in [1.54, 1.807) is 24.3 Å². The molecular weight excluding hydrogens is 425 g/mol. The van der Waals surface area contributed by atoms with Crippen molar-refractivity contribution >= 4 is 52.6 Å². The highest BCUT2D eigenvalue weighted by atomic mass is 35.5. The number of amides is 1. The van der Waals surface area contributed by atoms with E-state index in [-0.39, 0.29) is 17.2 Å². The number of nitrogens with two attached hydrogens (primary N) is 1. The summed E-state index contributed by atoms with van der Waals surface area (Å²) in [6.45, 7) is 0. The maximum atomic E-state index is 12.0. The second-order valence-corrected chi connectivity index (χ2v) is 7.02. The van der Waals surface area contributed by atoms with E-state index in [0.29, 0.717) is 27.4 Å². The molecule has 2 heterocycles. The number of anilines is 2. The molecule has 4 aromatic rings. The summed E-state index contributed by atoms with van der Waals surface area (Å²) in [5.41, 5.74) is 7.57. The summed E-state index contributed by atoms with van der Waals surface area (Å²) in [5.74, 6) is 0.311. The van der Waals surface area contributed by atoms with Crippen molar-refractivity contribution in [3.05, 3.63) is 76.0 Å². The molecule has 5 N–H and O–H groups in total. The van der Waals surface area contributed by atoms with Gasteiger partial charge in [-0.25, -0.2) is 9.98 Å². The third kappa shape index (κ3) is 4.19. The van der Waals surface area contributed by atoms with Crippen LogP contribution in [0.2, 0.25) is 10.2 Å². The molecule has 0 saturated carbocycles. The number of hydrogen-bond donors (Lipinski definition) is 4. The SMILES string of the molecule is NC(=O)c1c(Nc2cccc(Cl)c2)n[nH]c1/N=C/c1nc(-c2ccccc2)[nH]c1Cl. The Bertz CT molecular complexity index is 1230. The van der Waals surface area contributed by atoms with Crippen molar-refractivity contribution in [2.24, 2.45) is 10.7 Å². The van der Waals surface area contributed by atoms with Crippen LogP contribution in [0.5, 0.6) is 0 Å². The number of nitrogens with one attached hydrogen (secondary N) is 3. The molecule has 0 bridgehead atoms. The highest BCUT2D eigenvalue weighted by Gasteiger charge is 2.18. The Hall–Kier alpha value is -3.62. The average molecular weight is 440 g/mol. The Kier molecular flexibility index (Phi) is 5.51. The summed E-state index contributed by atoms with van der Waals surface area (Å²) >= 11 is 12.2. The van der Waals surface area contributed by atoms with Gasteiger partial charge in [0.25, 0.3) is 5.91 Å². The molecule has 2 aromatic carbocycles. The highest BCUT2D eigenvalue weighted by Crippen LogP contribution is 2.28. The number of halogens is 2. The molecule has 1 amide bonds. The number of aliphatic imine (C=N–C) groups is 1. The molecular formula is C20H15Cl2N7O. The number of benzene rings is 2. The third-order valence-corrected chi connectivity index (χ3v) is 4.65. The molecule has 0 fully saturated rings. The fourth-order valence-electron chi connectivity index (χ4n) is 2.76. The van der Waals surface area contributed by atoms with E-state index < -0.39 is 5.91 Å². The fourth-order valence-corrected chi connectivity index (χ4v) is 3.13. The van der Waals surface area contributed by atoms with Gasteiger partial charge in [-0.3, -0.25) is 9.89 Å². The number of rotatable bonds is 6. The number of imidazole rings is 1. The normalized spacial score (nSPS) is 11.1. The number of carbonyl (C=O) groups excluding carboxylic acids is 1. The van der Waals surface area contributed by atoms with Crippen molar-refractivity contribution in [3.8, 4) is 11.4 Å². The van der Waals surface area contributed by atoms with E-state index >= 15 is 0 Å². The summed E-state index contributed by atoms with van der Waals surface area (Å²) < 4.78 is 0. The van der Waals surface area contributed by atoms with Crippen LogP contribution < -0.4 is 11.1 Å². The van der Waals surface area contributed by atoms with Crippen molar-refractivity contribution in [2.45, 2.75) is 0 Å². The van der Waals surface area contributed by atoms with Gasteiger partial charge in [0.05, 0.1) is 6.21 Å². The molecule has 30 heavy (non-hydrogen) atoms. The zero-order chi connectivity index (χ0) is 21.1. The summed E-state index contributed by atoms with van der Waals surface area (Å²) in [4.78, 5) is 23.7. The maximum Gasteiger partial charge on any atom is 0.256 e. The number of carbonyl (C=O) groups is 1. The van der Waals surface area contributed by atoms with Crippen LogP contribution in [-0.2, 0) is 0 Å². The Labute approximate surface area is 181 Å². The molecule has 0 aliphatic heterocycles. The van der Waals surface area contributed by atoms with Crippen LogP contribution in [0.3, 0.4) is 0 Å². The predicted molar refractivity (Wildman–Crippen MR) is 118 cm³/mol. The molecule has 8 nitrogen and oxygen atoms in total. The molecule has 150 valence electrons. The van der Waals surface area contributed by atoms with E-state index in [0.717, 1.165) is 5.56 Å². The van der Waals surface area contributed by atoms with Crippen LogP contribution in [0.1, 0.15) is 16.1 Å². The predicted octanol–water partition coefficient (Wildman–Crippen LogP) is 4.70. The molecule has 0 unspecified atom stereocenters. The van der Waals surface area contributed by atoms with Gasteiger partial charge in [0.1, 0.15) is 22.2 Å². The Balaban J connectivity index is 1.62. The zero-order valence-electron chi connectivity index (χ0n) is 15.4. The minimum atomic E-state index is -0.696. The molecule has 10 heteroatoms. The lowest BCUT2D eigenvalue weighted by Crippen LogP contribution is -2.12. The van der Waals surface area contributed by atoms with Crippen molar-refractivity contribution in [2.75, 3.05) is 5.32 Å². The molecule has 0 radical (unpaired) electrons. The first-order valence-corrected chi connectivity index (χ1v) is 9.52. The summed E-state index contributed by atoms with van der Waals surface area (Å²) in [7, 11) is 0. The van der Waals surface area contributed by atoms with E-state index in [2.05, 4.69) is 30.5 Å². The van der Waals surface area contributed by atoms with Gasteiger partial charge in [-0.1, -0.05) is 59.6 Å². The molecule has 4 rings (SSSR count). The van der Waals surface area contributed by atoms with Crippen LogP contribution in [0, 0.1) is 0 Å². The quantitative estimate of drug-likeness (QED) is 0.324. The first kappa shape index (κ1) is 19.7. The second kappa shape index (κ2) is 8.40. The molecule has 0 atom stereocenters. The van der Waals surface area contributed by atoms with Gasteiger partial charge in [0.2, 0.25) is 0 Å². The maximum absolute atomic E-state index is 12.0. The zero-order valence-corrected chi connectivity index (χ0v) is 16.9. The molecule has 0 spiro atoms. The number of nitrogens with zero attached hydrogens (tertiary/aromatic N) is 3. The molecule has 2 aromatic heterocycles. The lowest BCUT2D eigenvalue weighted by Gasteiger charge is -2.04. The van der Waals surface area contributed by atoms with Gasteiger partial charge in [0, 0.05) is 16.3 Å². The van der Waals surface area contributed by atoms with Crippen LogP contribution in [0.4, 0.5) is 17.3 Å². The minimum absolute atomic E-state index is 0.0983. The largest absolute Gasteiger partial charge is 0.365 e. The van der Waals surface area contributed by atoms with Crippen molar-refractivity contribution in [3.63, 3.8) is 0 Å². The van der Waals surface area contributed by atoms with Gasteiger partial charge in [-0.2, -0.15) is 5.10 Å². The van der Waals surface area contributed by atoms with Gasteiger partial charge in [-0.15, -0.1) is 0 Å². The average Bonchev–Trinajstić information content (AvgIpc) is 3.30. The van der Waals surface area contributed by atoms with E-state index in [1.807, 2.05) is 30.3 Å². The standard InChI is InChI=1S/C20H15Cl2N7O/c21-12-7-4-8-13(9-12)25-20-15(17(23)30)19(28-29-20)24-10-14-16(22)27-18(26-14)11-5-2-1-3-6-11/h1-10H,(H2,23,30)(H,26,27)(H2,25,28,29)/b24-10+. The van der Waals surface area contributed by atoms with Gasteiger partial charge in [-0.05, 0) is 18.2 Å². The Morgan fingerprint density at radius 2 is 1.93 bits per heavy atom. The number of primary amides is 1. The van der Waals surface area contributed by atoms with Crippen molar-refractivity contribution < 1.29 is 4.79 Å². The third-order valence-electron chi connectivity index (χ3n) is 4.13. The lowest BCUT2D eigenvalue weighted by molar-refractivity contribution is 0.100. The van der Waals surface area contributed by atoms with E-state index in [9.17, 15) is 4.79 Å².